The first-order valence-electron chi connectivity index (χ1n) is 9.10. The fourth-order valence-electron chi connectivity index (χ4n) is 2.87. The van der Waals surface area contributed by atoms with Crippen molar-refractivity contribution < 1.29 is 13.2 Å². The summed E-state index contributed by atoms with van der Waals surface area (Å²) in [6.45, 7) is 0. The minimum absolute atomic E-state index is 0.0658. The van der Waals surface area contributed by atoms with E-state index >= 15 is 0 Å². The molecule has 1 N–H and O–H groups in total. The van der Waals surface area contributed by atoms with Gasteiger partial charge in [0.05, 0.1) is 26.0 Å². The summed E-state index contributed by atoms with van der Waals surface area (Å²) in [4.78, 5) is 21.6. The fourth-order valence-corrected chi connectivity index (χ4v) is 4.79. The Labute approximate surface area is 188 Å². The molecule has 31 heavy (non-hydrogen) atoms. The van der Waals surface area contributed by atoms with E-state index in [-0.39, 0.29) is 21.5 Å². The highest BCUT2D eigenvalue weighted by Gasteiger charge is 2.25. The lowest BCUT2D eigenvalue weighted by Crippen LogP contribution is -2.22. The van der Waals surface area contributed by atoms with Crippen LogP contribution in [-0.4, -0.2) is 42.9 Å². The van der Waals surface area contributed by atoms with E-state index in [1.165, 1.54) is 32.3 Å². The maximum atomic E-state index is 12.4. The van der Waals surface area contributed by atoms with Crippen LogP contribution in [0, 0.1) is 0 Å². The van der Waals surface area contributed by atoms with Crippen LogP contribution < -0.4 is 5.32 Å². The molecule has 1 aliphatic heterocycles. The number of nitrogens with one attached hydrogen (secondary N) is 1. The standard InChI is InChI=1S/C21H17ClN4O3S2/c1-26(2)31(28,29)15-6-7-16(22)18(12-15)24-21-25-20(27)19(30-21)11-13-5-8-17-14(10-13)4-3-9-23-17/h3-12H,1-2H3,(H,24,25,27)/b19-11-. The Morgan fingerprint density at radius 1 is 1.16 bits per heavy atom. The van der Waals surface area contributed by atoms with Crippen molar-refractivity contribution in [1.29, 1.82) is 0 Å². The molecule has 0 bridgehead atoms. The zero-order valence-electron chi connectivity index (χ0n) is 16.5. The van der Waals surface area contributed by atoms with Gasteiger partial charge in [-0.15, -0.1) is 0 Å². The molecular formula is C21H17ClN4O3S2. The van der Waals surface area contributed by atoms with E-state index in [1.807, 2.05) is 30.3 Å². The second-order valence-corrected chi connectivity index (χ2v) is 10.4. The molecular weight excluding hydrogens is 456 g/mol. The zero-order valence-corrected chi connectivity index (χ0v) is 18.9. The number of amides is 1. The quantitative estimate of drug-likeness (QED) is 0.579. The predicted octanol–water partition coefficient (Wildman–Crippen LogP) is 4.03. The van der Waals surface area contributed by atoms with E-state index in [2.05, 4.69) is 15.3 Å². The van der Waals surface area contributed by atoms with E-state index in [4.69, 9.17) is 11.6 Å². The molecule has 0 atom stereocenters. The highest BCUT2D eigenvalue weighted by atomic mass is 35.5. The normalized spacial score (nSPS) is 17.1. The van der Waals surface area contributed by atoms with Crippen molar-refractivity contribution in [2.24, 2.45) is 4.99 Å². The first-order chi connectivity index (χ1) is 14.7. The summed E-state index contributed by atoms with van der Waals surface area (Å²) in [7, 11) is -0.741. The maximum absolute atomic E-state index is 12.4. The van der Waals surface area contributed by atoms with E-state index in [0.29, 0.717) is 10.1 Å². The molecule has 1 amide bonds. The highest BCUT2D eigenvalue weighted by Crippen LogP contribution is 2.33. The number of aliphatic imine (C=N–C) groups is 1. The number of fused-ring (bicyclic) bond motifs is 1. The Balaban J connectivity index is 1.64. The SMILES string of the molecule is CN(C)S(=O)(=O)c1ccc(Cl)c(N=C2NC(=O)/C(=C/c3ccc4ncccc4c3)S2)c1. The Bertz CT molecular complexity index is 1370. The smallest absolute Gasteiger partial charge is 0.264 e. The number of nitrogens with zero attached hydrogens (tertiary/aromatic N) is 3. The van der Waals surface area contributed by atoms with Crippen molar-refractivity contribution in [2.75, 3.05) is 14.1 Å². The average molecular weight is 473 g/mol. The molecule has 2 heterocycles. The molecule has 4 rings (SSSR count). The molecule has 0 radical (unpaired) electrons. The summed E-state index contributed by atoms with van der Waals surface area (Å²) in [5.41, 5.74) is 1.99. The van der Waals surface area contributed by atoms with Gasteiger partial charge in [0.15, 0.2) is 5.17 Å². The number of halogens is 1. The minimum Gasteiger partial charge on any atom is -0.300 e. The van der Waals surface area contributed by atoms with Gasteiger partial charge < -0.3 is 5.32 Å². The van der Waals surface area contributed by atoms with E-state index in [1.54, 1.807) is 12.3 Å². The van der Waals surface area contributed by atoms with Crippen LogP contribution in [0.15, 0.2) is 69.5 Å². The Hall–Kier alpha value is -2.72. The van der Waals surface area contributed by atoms with Gasteiger partial charge in [-0.2, -0.15) is 0 Å². The lowest BCUT2D eigenvalue weighted by Gasteiger charge is -2.12. The number of benzene rings is 2. The molecule has 3 aromatic rings. The topological polar surface area (TPSA) is 91.7 Å². The van der Waals surface area contributed by atoms with Crippen molar-refractivity contribution >= 4 is 67.1 Å². The number of carbonyl (C=O) groups excluding carboxylic acids is 1. The summed E-state index contributed by atoms with van der Waals surface area (Å²) < 4.78 is 25.9. The molecule has 0 spiro atoms. The van der Waals surface area contributed by atoms with Crippen molar-refractivity contribution in [2.45, 2.75) is 4.90 Å². The number of carbonyl (C=O) groups is 1. The second kappa shape index (κ2) is 8.43. The molecule has 0 unspecified atom stereocenters. The fraction of sp³-hybridized carbons (Fsp3) is 0.0952. The monoisotopic (exact) mass is 472 g/mol. The van der Waals surface area contributed by atoms with Crippen molar-refractivity contribution in [1.82, 2.24) is 14.6 Å². The van der Waals surface area contributed by atoms with Crippen molar-refractivity contribution in [3.05, 3.63) is 70.2 Å². The third-order valence-corrected chi connectivity index (χ3v) is 7.53. The molecule has 1 aliphatic rings. The molecule has 0 saturated carbocycles. The van der Waals surface area contributed by atoms with Gasteiger partial charge >= 0.3 is 0 Å². The molecule has 0 aliphatic carbocycles. The van der Waals surface area contributed by atoms with Gasteiger partial charge in [-0.05, 0) is 59.8 Å². The highest BCUT2D eigenvalue weighted by molar-refractivity contribution is 8.18. The van der Waals surface area contributed by atoms with Crippen molar-refractivity contribution in [3.8, 4) is 0 Å². The summed E-state index contributed by atoms with van der Waals surface area (Å²) in [5.74, 6) is -0.289. The van der Waals surface area contributed by atoms with Crippen LogP contribution >= 0.6 is 23.4 Å². The van der Waals surface area contributed by atoms with Crippen LogP contribution in [0.4, 0.5) is 5.69 Å². The Morgan fingerprint density at radius 2 is 1.97 bits per heavy atom. The molecule has 1 fully saturated rings. The van der Waals surface area contributed by atoms with Crippen LogP contribution in [-0.2, 0) is 14.8 Å². The number of pyridine rings is 1. The van der Waals surface area contributed by atoms with Gasteiger partial charge in [0.2, 0.25) is 10.0 Å². The minimum atomic E-state index is -3.64. The first-order valence-corrected chi connectivity index (χ1v) is 11.7. The van der Waals surface area contributed by atoms with Crippen LogP contribution in [0.25, 0.3) is 17.0 Å². The number of hydrogen-bond donors (Lipinski definition) is 1. The number of amidine groups is 1. The summed E-state index contributed by atoms with van der Waals surface area (Å²) in [6.07, 6.45) is 3.50. The predicted molar refractivity (Wildman–Crippen MR) is 125 cm³/mol. The molecule has 10 heteroatoms. The number of hydrogen-bond acceptors (Lipinski definition) is 6. The molecule has 158 valence electrons. The van der Waals surface area contributed by atoms with E-state index < -0.39 is 10.0 Å². The number of sulfonamides is 1. The number of aromatic nitrogens is 1. The first kappa shape index (κ1) is 21.5. The number of rotatable bonds is 4. The maximum Gasteiger partial charge on any atom is 0.264 e. The van der Waals surface area contributed by atoms with Gasteiger partial charge in [-0.3, -0.25) is 9.78 Å². The summed E-state index contributed by atoms with van der Waals surface area (Å²) >= 11 is 7.36. The van der Waals surface area contributed by atoms with Gasteiger partial charge in [0.25, 0.3) is 5.91 Å². The third-order valence-electron chi connectivity index (χ3n) is 4.49. The van der Waals surface area contributed by atoms with E-state index in [0.717, 1.165) is 32.5 Å². The van der Waals surface area contributed by atoms with E-state index in [9.17, 15) is 13.2 Å². The molecule has 1 saturated heterocycles. The Morgan fingerprint density at radius 3 is 2.74 bits per heavy atom. The van der Waals surface area contributed by atoms with Crippen molar-refractivity contribution in [3.63, 3.8) is 0 Å². The van der Waals surface area contributed by atoms with Crippen LogP contribution in [0.1, 0.15) is 5.56 Å². The van der Waals surface area contributed by atoms with Gasteiger partial charge in [0, 0.05) is 25.7 Å². The van der Waals surface area contributed by atoms with Gasteiger partial charge in [-0.25, -0.2) is 17.7 Å². The molecule has 7 nitrogen and oxygen atoms in total. The van der Waals surface area contributed by atoms with Crippen LogP contribution in [0.3, 0.4) is 0 Å². The second-order valence-electron chi connectivity index (χ2n) is 6.84. The Kier molecular flexibility index (Phi) is 5.85. The molecule has 1 aromatic heterocycles. The zero-order chi connectivity index (χ0) is 22.2. The summed E-state index contributed by atoms with van der Waals surface area (Å²) in [6, 6.07) is 13.8. The van der Waals surface area contributed by atoms with Gasteiger partial charge in [0.1, 0.15) is 0 Å². The lowest BCUT2D eigenvalue weighted by atomic mass is 10.1. The summed E-state index contributed by atoms with van der Waals surface area (Å²) in [5, 5.41) is 4.26. The average Bonchev–Trinajstić information content (AvgIpc) is 3.08. The lowest BCUT2D eigenvalue weighted by molar-refractivity contribution is -0.115. The van der Waals surface area contributed by atoms with Crippen LogP contribution in [0.5, 0.6) is 0 Å². The van der Waals surface area contributed by atoms with Crippen LogP contribution in [0.2, 0.25) is 5.02 Å². The third kappa shape index (κ3) is 4.49. The molecule has 2 aromatic carbocycles. The van der Waals surface area contributed by atoms with Gasteiger partial charge in [-0.1, -0.05) is 23.7 Å². The largest absolute Gasteiger partial charge is 0.300 e. The number of thioether (sulfide) groups is 1.